The quantitative estimate of drug-likeness (QED) is 0.571. The van der Waals surface area contributed by atoms with E-state index in [9.17, 15) is 4.79 Å². The summed E-state index contributed by atoms with van der Waals surface area (Å²) in [7, 11) is 1.63. The maximum absolute atomic E-state index is 11.7. The van der Waals surface area contributed by atoms with Crippen molar-refractivity contribution in [3.8, 4) is 0 Å². The van der Waals surface area contributed by atoms with E-state index >= 15 is 0 Å². The predicted molar refractivity (Wildman–Crippen MR) is 65.3 cm³/mol. The molecule has 0 radical (unpaired) electrons. The molecule has 0 aromatic rings. The van der Waals surface area contributed by atoms with E-state index in [2.05, 4.69) is 13.8 Å². The Bertz CT molecular complexity index is 178. The van der Waals surface area contributed by atoms with E-state index in [1.807, 2.05) is 6.92 Å². The summed E-state index contributed by atoms with van der Waals surface area (Å²) in [6.07, 6.45) is 3.96. The first-order valence-corrected chi connectivity index (χ1v) is 6.27. The van der Waals surface area contributed by atoms with E-state index in [1.165, 1.54) is 0 Å². The summed E-state index contributed by atoms with van der Waals surface area (Å²) < 4.78 is 10.2. The molecule has 0 amide bonds. The molecule has 0 fully saturated rings. The fourth-order valence-electron chi connectivity index (χ4n) is 1.56. The van der Waals surface area contributed by atoms with Gasteiger partial charge < -0.3 is 9.47 Å². The maximum Gasteiger partial charge on any atom is 0.311 e. The average Bonchev–Trinajstić information content (AvgIpc) is 2.24. The van der Waals surface area contributed by atoms with Crippen LogP contribution in [0.2, 0.25) is 0 Å². The number of carbonyl (C=O) groups excluding carboxylic acids is 1. The lowest BCUT2D eigenvalue weighted by atomic mass is 9.99. The molecule has 0 saturated carbocycles. The molecular weight excluding hydrogens is 204 g/mol. The van der Waals surface area contributed by atoms with Crippen LogP contribution in [0.1, 0.15) is 46.5 Å². The fraction of sp³-hybridized carbons (Fsp3) is 0.923. The predicted octanol–water partition coefficient (Wildman–Crippen LogP) is 3.03. The van der Waals surface area contributed by atoms with Gasteiger partial charge in [-0.1, -0.05) is 33.6 Å². The number of ether oxygens (including phenoxy) is 2. The van der Waals surface area contributed by atoms with Crippen molar-refractivity contribution in [1.29, 1.82) is 0 Å². The van der Waals surface area contributed by atoms with E-state index in [4.69, 9.17) is 9.47 Å². The molecule has 3 nitrogen and oxygen atoms in total. The lowest BCUT2D eigenvalue weighted by Crippen LogP contribution is -2.22. The molecule has 16 heavy (non-hydrogen) atoms. The SMILES string of the molecule is CCCOC(=O)C(CCCC(C)C)COC. The summed E-state index contributed by atoms with van der Waals surface area (Å²) >= 11 is 0. The number of methoxy groups -OCH3 is 1. The van der Waals surface area contributed by atoms with Crippen molar-refractivity contribution in [2.24, 2.45) is 11.8 Å². The maximum atomic E-state index is 11.7. The highest BCUT2D eigenvalue weighted by atomic mass is 16.5. The first kappa shape index (κ1) is 15.4. The molecule has 0 aromatic carbocycles. The van der Waals surface area contributed by atoms with Gasteiger partial charge in [0.2, 0.25) is 0 Å². The van der Waals surface area contributed by atoms with E-state index in [0.717, 1.165) is 25.7 Å². The van der Waals surface area contributed by atoms with Crippen molar-refractivity contribution in [3.63, 3.8) is 0 Å². The molecule has 0 aliphatic rings. The van der Waals surface area contributed by atoms with Crippen molar-refractivity contribution in [2.45, 2.75) is 46.5 Å². The molecule has 96 valence electrons. The fourth-order valence-corrected chi connectivity index (χ4v) is 1.56. The second kappa shape index (κ2) is 9.64. The molecule has 1 unspecified atom stereocenters. The van der Waals surface area contributed by atoms with Gasteiger partial charge in [0.25, 0.3) is 0 Å². The molecule has 0 spiro atoms. The third-order valence-corrected chi connectivity index (χ3v) is 2.48. The van der Waals surface area contributed by atoms with Gasteiger partial charge in [0.15, 0.2) is 0 Å². The van der Waals surface area contributed by atoms with Gasteiger partial charge in [-0.2, -0.15) is 0 Å². The largest absolute Gasteiger partial charge is 0.465 e. The second-order valence-corrected chi connectivity index (χ2v) is 4.64. The van der Waals surface area contributed by atoms with Crippen LogP contribution in [0.4, 0.5) is 0 Å². The summed E-state index contributed by atoms with van der Waals surface area (Å²) in [6, 6.07) is 0. The van der Waals surface area contributed by atoms with Crippen LogP contribution in [-0.2, 0) is 14.3 Å². The van der Waals surface area contributed by atoms with Crippen molar-refractivity contribution >= 4 is 5.97 Å². The van der Waals surface area contributed by atoms with Gasteiger partial charge in [-0.25, -0.2) is 0 Å². The van der Waals surface area contributed by atoms with Crippen LogP contribution in [0.5, 0.6) is 0 Å². The lowest BCUT2D eigenvalue weighted by molar-refractivity contribution is -0.150. The Morgan fingerprint density at radius 1 is 1.25 bits per heavy atom. The van der Waals surface area contributed by atoms with Crippen LogP contribution in [0, 0.1) is 11.8 Å². The number of carbonyl (C=O) groups is 1. The molecule has 0 aliphatic carbocycles. The molecule has 0 heterocycles. The number of rotatable bonds is 9. The topological polar surface area (TPSA) is 35.5 Å². The standard InChI is InChI=1S/C13H26O3/c1-5-9-16-13(14)12(10-15-4)8-6-7-11(2)3/h11-12H,5-10H2,1-4H3. The van der Waals surface area contributed by atoms with E-state index in [-0.39, 0.29) is 11.9 Å². The van der Waals surface area contributed by atoms with E-state index in [1.54, 1.807) is 7.11 Å². The van der Waals surface area contributed by atoms with Crippen molar-refractivity contribution < 1.29 is 14.3 Å². The first-order chi connectivity index (χ1) is 7.61. The molecule has 1 atom stereocenters. The zero-order valence-corrected chi connectivity index (χ0v) is 11.1. The van der Waals surface area contributed by atoms with Crippen molar-refractivity contribution in [3.05, 3.63) is 0 Å². The molecule has 0 aromatic heterocycles. The summed E-state index contributed by atoms with van der Waals surface area (Å²) in [6.45, 7) is 7.38. The number of hydrogen-bond donors (Lipinski definition) is 0. The van der Waals surface area contributed by atoms with Gasteiger partial charge in [0.1, 0.15) is 0 Å². The highest BCUT2D eigenvalue weighted by Crippen LogP contribution is 2.14. The minimum absolute atomic E-state index is 0.0877. The third-order valence-electron chi connectivity index (χ3n) is 2.48. The van der Waals surface area contributed by atoms with Gasteiger partial charge in [-0.3, -0.25) is 4.79 Å². The molecule has 0 saturated heterocycles. The zero-order valence-electron chi connectivity index (χ0n) is 11.1. The molecule has 0 bridgehead atoms. The Kier molecular flexibility index (Phi) is 9.30. The third kappa shape index (κ3) is 7.69. The normalized spacial score (nSPS) is 12.8. The number of esters is 1. The Morgan fingerprint density at radius 2 is 1.94 bits per heavy atom. The van der Waals surface area contributed by atoms with Crippen LogP contribution >= 0.6 is 0 Å². The van der Waals surface area contributed by atoms with Gasteiger partial charge in [0.05, 0.1) is 19.1 Å². The highest BCUT2D eigenvalue weighted by molar-refractivity contribution is 5.72. The Hall–Kier alpha value is -0.570. The van der Waals surface area contributed by atoms with Crippen LogP contribution < -0.4 is 0 Å². The monoisotopic (exact) mass is 230 g/mol. The lowest BCUT2D eigenvalue weighted by Gasteiger charge is -2.15. The molecule has 0 aliphatic heterocycles. The second-order valence-electron chi connectivity index (χ2n) is 4.64. The molecule has 0 N–H and O–H groups in total. The van der Waals surface area contributed by atoms with Crippen molar-refractivity contribution in [1.82, 2.24) is 0 Å². The zero-order chi connectivity index (χ0) is 12.4. The van der Waals surface area contributed by atoms with Gasteiger partial charge in [0, 0.05) is 7.11 Å². The Morgan fingerprint density at radius 3 is 2.44 bits per heavy atom. The molecule has 3 heteroatoms. The Balaban J connectivity index is 3.89. The van der Waals surface area contributed by atoms with Crippen LogP contribution in [0.25, 0.3) is 0 Å². The molecule has 0 rings (SSSR count). The highest BCUT2D eigenvalue weighted by Gasteiger charge is 2.19. The van der Waals surface area contributed by atoms with E-state index in [0.29, 0.717) is 19.1 Å². The summed E-state index contributed by atoms with van der Waals surface area (Å²) in [4.78, 5) is 11.7. The summed E-state index contributed by atoms with van der Waals surface area (Å²) in [5, 5.41) is 0. The van der Waals surface area contributed by atoms with Crippen LogP contribution in [0.15, 0.2) is 0 Å². The first-order valence-electron chi connectivity index (χ1n) is 6.27. The van der Waals surface area contributed by atoms with Gasteiger partial charge in [-0.05, 0) is 18.8 Å². The smallest absolute Gasteiger partial charge is 0.311 e. The van der Waals surface area contributed by atoms with E-state index < -0.39 is 0 Å². The van der Waals surface area contributed by atoms with Crippen molar-refractivity contribution in [2.75, 3.05) is 20.3 Å². The minimum Gasteiger partial charge on any atom is -0.465 e. The minimum atomic E-state index is -0.104. The summed E-state index contributed by atoms with van der Waals surface area (Å²) in [5.74, 6) is 0.498. The van der Waals surface area contributed by atoms with Gasteiger partial charge in [-0.15, -0.1) is 0 Å². The van der Waals surface area contributed by atoms with Gasteiger partial charge >= 0.3 is 5.97 Å². The Labute approximate surface area is 99.5 Å². The van der Waals surface area contributed by atoms with Crippen LogP contribution in [0.3, 0.4) is 0 Å². The summed E-state index contributed by atoms with van der Waals surface area (Å²) in [5.41, 5.74) is 0. The molecular formula is C13H26O3. The average molecular weight is 230 g/mol. The van der Waals surface area contributed by atoms with Crippen LogP contribution in [-0.4, -0.2) is 26.3 Å². The number of hydrogen-bond acceptors (Lipinski definition) is 3.